The number of hydrogen-bond donors (Lipinski definition) is 1. The van der Waals surface area contributed by atoms with Gasteiger partial charge in [-0.2, -0.15) is 4.98 Å². The van der Waals surface area contributed by atoms with Crippen molar-refractivity contribution in [3.05, 3.63) is 24.3 Å². The first-order valence-corrected chi connectivity index (χ1v) is 6.45. The minimum atomic E-state index is 0.511. The van der Waals surface area contributed by atoms with Crippen LogP contribution in [0.3, 0.4) is 0 Å². The summed E-state index contributed by atoms with van der Waals surface area (Å²) in [5.41, 5.74) is 1.79. The molecule has 0 amide bonds. The normalized spacial score (nSPS) is 25.0. The quantitative estimate of drug-likeness (QED) is 0.852. The highest BCUT2D eigenvalue weighted by Gasteiger charge is 2.22. The summed E-state index contributed by atoms with van der Waals surface area (Å²) in [6, 6.07) is 9.08. The largest absolute Gasteiger partial charge is 0.424 e. The van der Waals surface area contributed by atoms with Crippen molar-refractivity contribution in [1.29, 1.82) is 0 Å². The van der Waals surface area contributed by atoms with E-state index in [0.29, 0.717) is 18.0 Å². The van der Waals surface area contributed by atoms with Gasteiger partial charge < -0.3 is 9.73 Å². The van der Waals surface area contributed by atoms with Crippen LogP contribution in [0.2, 0.25) is 0 Å². The van der Waals surface area contributed by atoms with Gasteiger partial charge in [0.1, 0.15) is 5.52 Å². The standard InChI is InChI=1S/C14H18N2O/c1-10-6-2-3-7-11(10)15-14-16-12-8-4-5-9-13(12)17-14/h4-5,8-11H,2-3,6-7H2,1H3,(H,15,16). The summed E-state index contributed by atoms with van der Waals surface area (Å²) < 4.78 is 5.70. The average Bonchev–Trinajstić information content (AvgIpc) is 2.74. The smallest absolute Gasteiger partial charge is 0.295 e. The van der Waals surface area contributed by atoms with Gasteiger partial charge in [0.05, 0.1) is 0 Å². The lowest BCUT2D eigenvalue weighted by Crippen LogP contribution is -2.30. The molecule has 1 aliphatic carbocycles. The Balaban J connectivity index is 1.79. The van der Waals surface area contributed by atoms with Crippen molar-refractivity contribution in [2.75, 3.05) is 5.32 Å². The molecule has 17 heavy (non-hydrogen) atoms. The van der Waals surface area contributed by atoms with E-state index in [1.54, 1.807) is 0 Å². The number of hydrogen-bond acceptors (Lipinski definition) is 3. The Hall–Kier alpha value is -1.51. The molecule has 0 radical (unpaired) electrons. The molecule has 2 atom stereocenters. The van der Waals surface area contributed by atoms with Gasteiger partial charge in [-0.1, -0.05) is 31.9 Å². The van der Waals surface area contributed by atoms with Gasteiger partial charge in [0.2, 0.25) is 0 Å². The lowest BCUT2D eigenvalue weighted by atomic mass is 9.86. The second kappa shape index (κ2) is 4.40. The van der Waals surface area contributed by atoms with Gasteiger partial charge >= 0.3 is 0 Å². The monoisotopic (exact) mass is 230 g/mol. The third-order valence-corrected chi connectivity index (χ3v) is 3.71. The van der Waals surface area contributed by atoms with Crippen LogP contribution in [0.5, 0.6) is 0 Å². The first kappa shape index (κ1) is 10.6. The number of aromatic nitrogens is 1. The summed E-state index contributed by atoms with van der Waals surface area (Å²) in [4.78, 5) is 4.46. The highest BCUT2D eigenvalue weighted by Crippen LogP contribution is 2.27. The molecule has 1 fully saturated rings. The third-order valence-electron chi connectivity index (χ3n) is 3.71. The van der Waals surface area contributed by atoms with Crippen LogP contribution in [-0.4, -0.2) is 11.0 Å². The maximum atomic E-state index is 5.70. The molecule has 1 heterocycles. The number of oxazole rings is 1. The maximum absolute atomic E-state index is 5.70. The van der Waals surface area contributed by atoms with Crippen molar-refractivity contribution < 1.29 is 4.42 Å². The van der Waals surface area contributed by atoms with Gasteiger partial charge in [-0.3, -0.25) is 0 Å². The highest BCUT2D eigenvalue weighted by atomic mass is 16.4. The van der Waals surface area contributed by atoms with Crippen molar-refractivity contribution in [2.45, 2.75) is 38.6 Å². The van der Waals surface area contributed by atoms with Crippen LogP contribution in [0.4, 0.5) is 6.01 Å². The molecule has 3 nitrogen and oxygen atoms in total. The Morgan fingerprint density at radius 3 is 2.88 bits per heavy atom. The van der Waals surface area contributed by atoms with Crippen LogP contribution < -0.4 is 5.32 Å². The predicted octanol–water partition coefficient (Wildman–Crippen LogP) is 3.82. The van der Waals surface area contributed by atoms with Crippen molar-refractivity contribution >= 4 is 17.1 Å². The van der Waals surface area contributed by atoms with Crippen molar-refractivity contribution in [3.63, 3.8) is 0 Å². The van der Waals surface area contributed by atoms with E-state index < -0.39 is 0 Å². The fraction of sp³-hybridized carbons (Fsp3) is 0.500. The molecule has 0 aliphatic heterocycles. The molecule has 1 aromatic heterocycles. The number of nitrogens with one attached hydrogen (secondary N) is 1. The van der Waals surface area contributed by atoms with Gasteiger partial charge in [-0.05, 0) is 30.9 Å². The molecule has 0 spiro atoms. The molecule has 0 saturated heterocycles. The molecular formula is C14H18N2O. The summed E-state index contributed by atoms with van der Waals surface area (Å²) >= 11 is 0. The van der Waals surface area contributed by atoms with Crippen LogP contribution in [-0.2, 0) is 0 Å². The lowest BCUT2D eigenvalue weighted by Gasteiger charge is -2.28. The molecule has 1 saturated carbocycles. The van der Waals surface area contributed by atoms with E-state index in [1.807, 2.05) is 24.3 Å². The summed E-state index contributed by atoms with van der Waals surface area (Å²) in [6.07, 6.45) is 5.19. The minimum Gasteiger partial charge on any atom is -0.424 e. The van der Waals surface area contributed by atoms with E-state index in [-0.39, 0.29) is 0 Å². The molecule has 0 bridgehead atoms. The number of nitrogens with zero attached hydrogens (tertiary/aromatic N) is 1. The molecule has 1 aliphatic rings. The number of para-hydroxylation sites is 2. The van der Waals surface area contributed by atoms with Crippen LogP contribution in [0.15, 0.2) is 28.7 Å². The van der Waals surface area contributed by atoms with Gasteiger partial charge in [0.25, 0.3) is 6.01 Å². The van der Waals surface area contributed by atoms with Crippen LogP contribution in [0.25, 0.3) is 11.1 Å². The Labute approximate surface area is 101 Å². The van der Waals surface area contributed by atoms with E-state index in [1.165, 1.54) is 25.7 Å². The van der Waals surface area contributed by atoms with Gasteiger partial charge in [0, 0.05) is 6.04 Å². The topological polar surface area (TPSA) is 38.1 Å². The predicted molar refractivity (Wildman–Crippen MR) is 69.1 cm³/mol. The zero-order chi connectivity index (χ0) is 11.7. The summed E-state index contributed by atoms with van der Waals surface area (Å²) in [5, 5.41) is 3.44. The lowest BCUT2D eigenvalue weighted by molar-refractivity contribution is 0.344. The first-order chi connectivity index (χ1) is 8.33. The Bertz CT molecular complexity index is 473. The molecule has 1 aromatic carbocycles. The van der Waals surface area contributed by atoms with Crippen LogP contribution in [0, 0.1) is 5.92 Å². The van der Waals surface area contributed by atoms with Crippen molar-refractivity contribution in [3.8, 4) is 0 Å². The zero-order valence-electron chi connectivity index (χ0n) is 10.1. The minimum absolute atomic E-state index is 0.511. The number of benzene rings is 1. The average molecular weight is 230 g/mol. The van der Waals surface area contributed by atoms with Crippen LogP contribution in [0.1, 0.15) is 32.6 Å². The number of rotatable bonds is 2. The zero-order valence-corrected chi connectivity index (χ0v) is 10.1. The Morgan fingerprint density at radius 2 is 2.06 bits per heavy atom. The highest BCUT2D eigenvalue weighted by molar-refractivity contribution is 5.74. The molecular weight excluding hydrogens is 212 g/mol. The molecule has 3 rings (SSSR count). The van der Waals surface area contributed by atoms with Crippen molar-refractivity contribution in [2.24, 2.45) is 5.92 Å². The maximum Gasteiger partial charge on any atom is 0.295 e. The fourth-order valence-electron chi connectivity index (χ4n) is 2.62. The summed E-state index contributed by atoms with van der Waals surface area (Å²) in [7, 11) is 0. The van der Waals surface area contributed by atoms with E-state index >= 15 is 0 Å². The molecule has 1 N–H and O–H groups in total. The van der Waals surface area contributed by atoms with E-state index in [9.17, 15) is 0 Å². The molecule has 3 heteroatoms. The second-order valence-corrected chi connectivity index (χ2v) is 5.00. The molecule has 90 valence electrons. The number of anilines is 1. The fourth-order valence-corrected chi connectivity index (χ4v) is 2.62. The molecule has 2 aromatic rings. The third kappa shape index (κ3) is 2.14. The van der Waals surface area contributed by atoms with E-state index in [0.717, 1.165) is 11.1 Å². The summed E-state index contributed by atoms with van der Waals surface area (Å²) in [6.45, 7) is 2.31. The Morgan fingerprint density at radius 1 is 1.24 bits per heavy atom. The van der Waals surface area contributed by atoms with Crippen molar-refractivity contribution in [1.82, 2.24) is 4.98 Å². The molecule has 2 unspecified atom stereocenters. The van der Waals surface area contributed by atoms with Gasteiger partial charge in [-0.25, -0.2) is 0 Å². The Kier molecular flexibility index (Phi) is 2.75. The van der Waals surface area contributed by atoms with Crippen LogP contribution >= 0.6 is 0 Å². The van der Waals surface area contributed by atoms with E-state index in [2.05, 4.69) is 17.2 Å². The summed E-state index contributed by atoms with van der Waals surface area (Å²) in [5.74, 6) is 0.707. The SMILES string of the molecule is CC1CCCCC1Nc1nc2ccccc2o1. The van der Waals surface area contributed by atoms with E-state index in [4.69, 9.17) is 4.42 Å². The van der Waals surface area contributed by atoms with Gasteiger partial charge in [0.15, 0.2) is 5.58 Å². The second-order valence-electron chi connectivity index (χ2n) is 5.00. The first-order valence-electron chi connectivity index (χ1n) is 6.45. The number of fused-ring (bicyclic) bond motifs is 1. The van der Waals surface area contributed by atoms with Gasteiger partial charge in [-0.15, -0.1) is 0 Å².